The van der Waals surface area contributed by atoms with Crippen LogP contribution in [0.4, 0.5) is 17.1 Å². The van der Waals surface area contributed by atoms with E-state index in [-0.39, 0.29) is 0 Å². The highest BCUT2D eigenvalue weighted by Gasteiger charge is 2.51. The molecule has 2 aliphatic rings. The van der Waals surface area contributed by atoms with Gasteiger partial charge in [0.05, 0.1) is 27.8 Å². The minimum atomic E-state index is -0.451. The molecule has 0 unspecified atom stereocenters. The average Bonchev–Trinajstić information content (AvgIpc) is 3.69. The molecular formula is C49H32N2. The van der Waals surface area contributed by atoms with Crippen molar-refractivity contribution in [3.63, 3.8) is 0 Å². The van der Waals surface area contributed by atoms with Crippen LogP contribution in [0.3, 0.4) is 0 Å². The molecule has 0 bridgehead atoms. The van der Waals surface area contributed by atoms with E-state index in [1.807, 2.05) is 0 Å². The predicted molar refractivity (Wildman–Crippen MR) is 212 cm³/mol. The maximum Gasteiger partial charge on any atom is 0.0754 e. The highest BCUT2D eigenvalue weighted by atomic mass is 15.2. The van der Waals surface area contributed by atoms with Crippen LogP contribution in [0.15, 0.2) is 194 Å². The van der Waals surface area contributed by atoms with Gasteiger partial charge in [0.25, 0.3) is 0 Å². The SMILES string of the molecule is c1ccc(N2c3ccccc3C3(c4ccccc4-c4cc(-c5cccc(-n6c7ccccc7c7ccccc76)c5)ccc43)c3ccccc32)cc1. The van der Waals surface area contributed by atoms with E-state index in [2.05, 4.69) is 204 Å². The Morgan fingerprint density at radius 3 is 1.57 bits per heavy atom. The van der Waals surface area contributed by atoms with Gasteiger partial charge in [0.2, 0.25) is 0 Å². The molecule has 8 aromatic carbocycles. The van der Waals surface area contributed by atoms with Crippen LogP contribution in [0.2, 0.25) is 0 Å². The summed E-state index contributed by atoms with van der Waals surface area (Å²) in [4.78, 5) is 2.44. The lowest BCUT2D eigenvalue weighted by Crippen LogP contribution is -2.36. The third-order valence-corrected chi connectivity index (χ3v) is 11.2. The minimum Gasteiger partial charge on any atom is -0.310 e. The number of fused-ring (bicyclic) bond motifs is 12. The molecule has 1 aliphatic heterocycles. The van der Waals surface area contributed by atoms with Crippen molar-refractivity contribution in [1.29, 1.82) is 0 Å². The summed E-state index contributed by atoms with van der Waals surface area (Å²) in [5.41, 5.74) is 17.0. The van der Waals surface area contributed by atoms with Crippen LogP contribution >= 0.6 is 0 Å². The van der Waals surface area contributed by atoms with E-state index in [4.69, 9.17) is 0 Å². The molecular weight excluding hydrogens is 617 g/mol. The Morgan fingerprint density at radius 1 is 0.333 bits per heavy atom. The molecule has 1 aliphatic carbocycles. The molecule has 0 atom stereocenters. The summed E-state index contributed by atoms with van der Waals surface area (Å²) in [6.07, 6.45) is 0. The summed E-state index contributed by atoms with van der Waals surface area (Å²) >= 11 is 0. The van der Waals surface area contributed by atoms with Crippen LogP contribution in [-0.2, 0) is 5.41 Å². The molecule has 9 aromatic rings. The highest BCUT2D eigenvalue weighted by Crippen LogP contribution is 2.63. The predicted octanol–water partition coefficient (Wildman–Crippen LogP) is 12.6. The maximum atomic E-state index is 2.44. The van der Waals surface area contributed by atoms with E-state index in [1.165, 1.54) is 83.4 Å². The first-order chi connectivity index (χ1) is 25.3. The summed E-state index contributed by atoms with van der Waals surface area (Å²) in [6, 6.07) is 71.5. The maximum absolute atomic E-state index is 2.44. The Hall–Kier alpha value is -6.64. The van der Waals surface area contributed by atoms with E-state index in [9.17, 15) is 0 Å². The standard InChI is InChI=1S/C49H32N2/c1-2-16-35(17-3-1)50-47-27-12-8-23-43(47)49(44-24-9-13-28-48(44)50)41-22-7-4-19-37(41)40-32-34(29-30-42(40)49)33-15-14-18-36(31-33)51-45-25-10-5-20-38(45)39-21-6-11-26-46(39)51/h1-32H. The van der Waals surface area contributed by atoms with Gasteiger partial charge in [0.15, 0.2) is 0 Å². The van der Waals surface area contributed by atoms with E-state index >= 15 is 0 Å². The molecule has 2 heterocycles. The van der Waals surface area contributed by atoms with Crippen molar-refractivity contribution in [2.45, 2.75) is 5.41 Å². The molecule has 0 radical (unpaired) electrons. The number of hydrogen-bond donors (Lipinski definition) is 0. The second-order valence-electron chi connectivity index (χ2n) is 13.7. The van der Waals surface area contributed by atoms with Gasteiger partial charge < -0.3 is 9.47 Å². The lowest BCUT2D eigenvalue weighted by molar-refractivity contribution is 0.753. The van der Waals surface area contributed by atoms with E-state index < -0.39 is 5.41 Å². The van der Waals surface area contributed by atoms with Crippen molar-refractivity contribution in [2.24, 2.45) is 0 Å². The molecule has 0 N–H and O–H groups in total. The topological polar surface area (TPSA) is 8.17 Å². The molecule has 0 amide bonds. The normalized spacial score (nSPS) is 13.6. The van der Waals surface area contributed by atoms with Gasteiger partial charge >= 0.3 is 0 Å². The Kier molecular flexibility index (Phi) is 5.91. The van der Waals surface area contributed by atoms with E-state index in [1.54, 1.807) is 0 Å². The fourth-order valence-corrected chi connectivity index (χ4v) is 9.17. The van der Waals surface area contributed by atoms with Crippen molar-refractivity contribution >= 4 is 38.9 Å². The van der Waals surface area contributed by atoms with Crippen molar-refractivity contribution in [3.05, 3.63) is 216 Å². The monoisotopic (exact) mass is 648 g/mol. The number of hydrogen-bond acceptors (Lipinski definition) is 1. The Balaban J connectivity index is 1.13. The summed E-state index contributed by atoms with van der Waals surface area (Å²) in [6.45, 7) is 0. The fraction of sp³-hybridized carbons (Fsp3) is 0.0204. The lowest BCUT2D eigenvalue weighted by Gasteiger charge is -2.45. The van der Waals surface area contributed by atoms with E-state index in [0.29, 0.717) is 0 Å². The van der Waals surface area contributed by atoms with Gasteiger partial charge in [-0.15, -0.1) is 0 Å². The number of rotatable bonds is 3. The van der Waals surface area contributed by atoms with Crippen molar-refractivity contribution in [3.8, 4) is 27.9 Å². The summed E-state index contributed by atoms with van der Waals surface area (Å²) in [7, 11) is 0. The largest absolute Gasteiger partial charge is 0.310 e. The van der Waals surface area contributed by atoms with Crippen molar-refractivity contribution in [1.82, 2.24) is 4.57 Å². The number of anilines is 3. The minimum absolute atomic E-state index is 0.451. The molecule has 0 fully saturated rings. The molecule has 1 aromatic heterocycles. The Labute approximate surface area is 297 Å². The van der Waals surface area contributed by atoms with Crippen LogP contribution in [-0.4, -0.2) is 4.57 Å². The van der Waals surface area contributed by atoms with Crippen LogP contribution < -0.4 is 4.90 Å². The number of aromatic nitrogens is 1. The first kappa shape index (κ1) is 28.2. The van der Waals surface area contributed by atoms with Crippen molar-refractivity contribution < 1.29 is 0 Å². The van der Waals surface area contributed by atoms with Crippen LogP contribution in [0.25, 0.3) is 49.7 Å². The van der Waals surface area contributed by atoms with E-state index in [0.717, 1.165) is 5.69 Å². The summed E-state index contributed by atoms with van der Waals surface area (Å²) in [5, 5.41) is 2.55. The Morgan fingerprint density at radius 2 is 0.863 bits per heavy atom. The van der Waals surface area contributed by atoms with Gasteiger partial charge in [-0.1, -0.05) is 140 Å². The second kappa shape index (κ2) is 10.7. The summed E-state index contributed by atoms with van der Waals surface area (Å²) < 4.78 is 2.40. The van der Waals surface area contributed by atoms with Crippen LogP contribution in [0.1, 0.15) is 22.3 Å². The van der Waals surface area contributed by atoms with Crippen LogP contribution in [0, 0.1) is 0 Å². The first-order valence-electron chi connectivity index (χ1n) is 17.7. The number of benzene rings is 8. The molecule has 0 saturated heterocycles. The van der Waals surface area contributed by atoms with Gasteiger partial charge in [-0.3, -0.25) is 0 Å². The molecule has 238 valence electrons. The van der Waals surface area contributed by atoms with Gasteiger partial charge in [-0.25, -0.2) is 0 Å². The second-order valence-corrected chi connectivity index (χ2v) is 13.7. The summed E-state index contributed by atoms with van der Waals surface area (Å²) in [5.74, 6) is 0. The molecule has 1 spiro atoms. The average molecular weight is 649 g/mol. The lowest BCUT2D eigenvalue weighted by atomic mass is 9.64. The smallest absolute Gasteiger partial charge is 0.0754 e. The molecule has 11 rings (SSSR count). The van der Waals surface area contributed by atoms with Gasteiger partial charge in [0, 0.05) is 22.1 Å². The van der Waals surface area contributed by atoms with Crippen LogP contribution in [0.5, 0.6) is 0 Å². The number of para-hydroxylation sites is 5. The van der Waals surface area contributed by atoms with Gasteiger partial charge in [-0.05, 0) is 99.1 Å². The van der Waals surface area contributed by atoms with Gasteiger partial charge in [0.1, 0.15) is 0 Å². The quantitative estimate of drug-likeness (QED) is 0.185. The number of nitrogens with zero attached hydrogens (tertiary/aromatic N) is 2. The highest BCUT2D eigenvalue weighted by molar-refractivity contribution is 6.09. The molecule has 2 heteroatoms. The Bertz CT molecular complexity index is 2720. The van der Waals surface area contributed by atoms with Crippen molar-refractivity contribution in [2.75, 3.05) is 4.90 Å². The zero-order valence-electron chi connectivity index (χ0n) is 27.9. The zero-order valence-corrected chi connectivity index (χ0v) is 27.9. The molecule has 51 heavy (non-hydrogen) atoms. The third-order valence-electron chi connectivity index (χ3n) is 11.2. The fourth-order valence-electron chi connectivity index (χ4n) is 9.17. The third kappa shape index (κ3) is 3.82. The molecule has 0 saturated carbocycles. The first-order valence-corrected chi connectivity index (χ1v) is 17.7. The van der Waals surface area contributed by atoms with Gasteiger partial charge in [-0.2, -0.15) is 0 Å². The molecule has 2 nitrogen and oxygen atoms in total. The zero-order chi connectivity index (χ0) is 33.5.